The Hall–Kier alpha value is -1.23. The molecule has 0 aliphatic rings. The van der Waals surface area contributed by atoms with Gasteiger partial charge in [0.05, 0.1) is 12.4 Å². The van der Waals surface area contributed by atoms with Gasteiger partial charge in [0, 0.05) is 10.6 Å². The largest absolute Gasteiger partial charge is 0.465 e. The minimum atomic E-state index is -0.360. The lowest BCUT2D eigenvalue weighted by Gasteiger charge is -2.06. The highest BCUT2D eigenvalue weighted by Gasteiger charge is 2.07. The van der Waals surface area contributed by atoms with Gasteiger partial charge in [0.25, 0.3) is 0 Å². The Labute approximate surface area is 105 Å². The van der Waals surface area contributed by atoms with Gasteiger partial charge in [0.2, 0.25) is 0 Å². The van der Waals surface area contributed by atoms with Crippen LogP contribution >= 0.6 is 11.8 Å². The summed E-state index contributed by atoms with van der Waals surface area (Å²) in [6.45, 7) is 2.46. The second kappa shape index (κ2) is 7.17. The fourth-order valence-corrected chi connectivity index (χ4v) is 1.93. The quantitative estimate of drug-likeness (QED) is 0.368. The second-order valence-corrected chi connectivity index (χ2v) is 4.56. The van der Waals surface area contributed by atoms with E-state index < -0.39 is 0 Å². The molecule has 0 aromatic heterocycles. The van der Waals surface area contributed by atoms with Crippen LogP contribution in [-0.2, 0) is 9.53 Å². The molecular formula is C12H16FNO2S. The molecule has 17 heavy (non-hydrogen) atoms. The second-order valence-electron chi connectivity index (χ2n) is 3.54. The molecule has 1 aromatic rings. The monoisotopic (exact) mass is 257 g/mol. The number of hydrogen-bond acceptors (Lipinski definition) is 4. The molecule has 94 valence electrons. The summed E-state index contributed by atoms with van der Waals surface area (Å²) < 4.78 is 17.9. The van der Waals surface area contributed by atoms with E-state index in [-0.39, 0.29) is 17.5 Å². The Morgan fingerprint density at radius 1 is 1.53 bits per heavy atom. The zero-order valence-electron chi connectivity index (χ0n) is 9.74. The van der Waals surface area contributed by atoms with Crippen molar-refractivity contribution in [1.82, 2.24) is 0 Å². The zero-order chi connectivity index (χ0) is 12.7. The number of thioether (sulfide) groups is 1. The lowest BCUT2D eigenvalue weighted by molar-refractivity contribution is -0.140. The molecule has 0 aliphatic heterocycles. The number of esters is 1. The van der Waals surface area contributed by atoms with Gasteiger partial charge >= 0.3 is 5.97 Å². The molecule has 0 aliphatic carbocycles. The first-order valence-electron chi connectivity index (χ1n) is 5.47. The van der Waals surface area contributed by atoms with Crippen LogP contribution in [0.1, 0.15) is 19.8 Å². The lowest BCUT2D eigenvalue weighted by Crippen LogP contribution is -2.08. The molecule has 0 spiro atoms. The average molecular weight is 257 g/mol. The van der Waals surface area contributed by atoms with Crippen LogP contribution in [0.15, 0.2) is 23.1 Å². The van der Waals surface area contributed by atoms with E-state index in [1.165, 1.54) is 30.0 Å². The van der Waals surface area contributed by atoms with Gasteiger partial charge in [-0.1, -0.05) is 13.3 Å². The maximum atomic E-state index is 12.9. The van der Waals surface area contributed by atoms with Gasteiger partial charge in [0.1, 0.15) is 5.82 Å². The van der Waals surface area contributed by atoms with Gasteiger partial charge < -0.3 is 10.5 Å². The van der Waals surface area contributed by atoms with Crippen LogP contribution in [-0.4, -0.2) is 18.3 Å². The number of halogens is 1. The third-order valence-corrected chi connectivity index (χ3v) is 3.13. The summed E-state index contributed by atoms with van der Waals surface area (Å²) >= 11 is 1.19. The fourth-order valence-electron chi connectivity index (χ4n) is 1.14. The standard InChI is InChI=1S/C12H16FNO2S/c1-2-3-6-16-12(15)8-17-11-7-9(13)4-5-10(11)14/h4-5,7H,2-3,6,8,14H2,1H3. The Balaban J connectivity index is 2.39. The molecule has 0 fully saturated rings. The molecule has 0 atom stereocenters. The molecule has 2 N–H and O–H groups in total. The van der Waals surface area contributed by atoms with Crippen LogP contribution < -0.4 is 5.73 Å². The molecule has 1 rings (SSSR count). The first kappa shape index (κ1) is 13.8. The summed E-state index contributed by atoms with van der Waals surface area (Å²) in [7, 11) is 0. The van der Waals surface area contributed by atoms with Crippen molar-refractivity contribution in [3.05, 3.63) is 24.0 Å². The van der Waals surface area contributed by atoms with Crippen LogP contribution in [0.25, 0.3) is 0 Å². The van der Waals surface area contributed by atoms with Crippen LogP contribution in [0.3, 0.4) is 0 Å². The topological polar surface area (TPSA) is 52.3 Å². The van der Waals surface area contributed by atoms with Gasteiger partial charge in [-0.25, -0.2) is 4.39 Å². The number of nitrogen functional groups attached to an aromatic ring is 1. The van der Waals surface area contributed by atoms with E-state index in [1.54, 1.807) is 0 Å². The first-order chi connectivity index (χ1) is 8.13. The Morgan fingerprint density at radius 3 is 3.00 bits per heavy atom. The van der Waals surface area contributed by atoms with Crippen LogP contribution in [0.4, 0.5) is 10.1 Å². The van der Waals surface area contributed by atoms with E-state index in [9.17, 15) is 9.18 Å². The molecule has 0 unspecified atom stereocenters. The smallest absolute Gasteiger partial charge is 0.316 e. The number of anilines is 1. The normalized spacial score (nSPS) is 10.2. The van der Waals surface area contributed by atoms with E-state index in [4.69, 9.17) is 10.5 Å². The fraction of sp³-hybridized carbons (Fsp3) is 0.417. The highest BCUT2D eigenvalue weighted by Crippen LogP contribution is 2.25. The van der Waals surface area contributed by atoms with E-state index in [0.29, 0.717) is 17.2 Å². The van der Waals surface area contributed by atoms with E-state index >= 15 is 0 Å². The Kier molecular flexibility index (Phi) is 5.83. The van der Waals surface area contributed by atoms with Crippen molar-refractivity contribution in [3.8, 4) is 0 Å². The van der Waals surface area contributed by atoms with Crippen molar-refractivity contribution < 1.29 is 13.9 Å². The summed E-state index contributed by atoms with van der Waals surface area (Å²) in [4.78, 5) is 11.9. The molecule has 0 saturated carbocycles. The SMILES string of the molecule is CCCCOC(=O)CSc1cc(F)ccc1N. The minimum Gasteiger partial charge on any atom is -0.465 e. The van der Waals surface area contributed by atoms with Crippen molar-refractivity contribution in [2.24, 2.45) is 0 Å². The summed E-state index contributed by atoms with van der Waals surface area (Å²) in [5.74, 6) is -0.509. The van der Waals surface area contributed by atoms with Gasteiger partial charge in [-0.05, 0) is 24.6 Å². The molecule has 0 bridgehead atoms. The number of carbonyl (C=O) groups excluding carboxylic acids is 1. The highest BCUT2D eigenvalue weighted by molar-refractivity contribution is 8.00. The molecule has 0 amide bonds. The molecule has 5 heteroatoms. The van der Waals surface area contributed by atoms with E-state index in [0.717, 1.165) is 12.8 Å². The molecule has 0 saturated heterocycles. The summed E-state index contributed by atoms with van der Waals surface area (Å²) in [6, 6.07) is 4.10. The van der Waals surface area contributed by atoms with Crippen LogP contribution in [0.5, 0.6) is 0 Å². The van der Waals surface area contributed by atoms with E-state index in [2.05, 4.69) is 0 Å². The van der Waals surface area contributed by atoms with E-state index in [1.807, 2.05) is 6.92 Å². The van der Waals surface area contributed by atoms with Gasteiger partial charge in [0.15, 0.2) is 0 Å². The maximum absolute atomic E-state index is 12.9. The maximum Gasteiger partial charge on any atom is 0.316 e. The highest BCUT2D eigenvalue weighted by atomic mass is 32.2. The number of rotatable bonds is 6. The molecule has 3 nitrogen and oxygen atoms in total. The van der Waals surface area contributed by atoms with Crippen molar-refractivity contribution in [2.45, 2.75) is 24.7 Å². The first-order valence-corrected chi connectivity index (χ1v) is 6.45. The Bertz CT molecular complexity index is 385. The summed E-state index contributed by atoms with van der Waals surface area (Å²) in [6.07, 6.45) is 1.84. The number of hydrogen-bond donors (Lipinski definition) is 1. The average Bonchev–Trinajstić information content (AvgIpc) is 2.31. The number of ether oxygens (including phenoxy) is 1. The third-order valence-electron chi connectivity index (χ3n) is 2.08. The number of carbonyl (C=O) groups is 1. The minimum absolute atomic E-state index is 0.150. The Morgan fingerprint density at radius 2 is 2.29 bits per heavy atom. The third kappa shape index (κ3) is 5.08. The molecule has 0 radical (unpaired) electrons. The summed E-state index contributed by atoms with van der Waals surface area (Å²) in [5, 5.41) is 0. The predicted octanol–water partition coefficient (Wildman–Crippen LogP) is 2.84. The number of unbranched alkanes of at least 4 members (excludes halogenated alkanes) is 1. The van der Waals surface area contributed by atoms with Crippen molar-refractivity contribution in [2.75, 3.05) is 18.1 Å². The van der Waals surface area contributed by atoms with Gasteiger partial charge in [-0.3, -0.25) is 4.79 Å². The van der Waals surface area contributed by atoms with Crippen molar-refractivity contribution in [1.29, 1.82) is 0 Å². The molecular weight excluding hydrogens is 241 g/mol. The van der Waals surface area contributed by atoms with Gasteiger partial charge in [-0.15, -0.1) is 11.8 Å². The van der Waals surface area contributed by atoms with Crippen molar-refractivity contribution in [3.63, 3.8) is 0 Å². The van der Waals surface area contributed by atoms with Crippen LogP contribution in [0.2, 0.25) is 0 Å². The predicted molar refractivity (Wildman–Crippen MR) is 67.4 cm³/mol. The lowest BCUT2D eigenvalue weighted by atomic mass is 10.3. The molecule has 0 heterocycles. The van der Waals surface area contributed by atoms with Gasteiger partial charge in [-0.2, -0.15) is 0 Å². The van der Waals surface area contributed by atoms with Crippen LogP contribution in [0, 0.1) is 5.82 Å². The zero-order valence-corrected chi connectivity index (χ0v) is 10.6. The number of nitrogens with two attached hydrogens (primary N) is 1. The summed E-state index contributed by atoms with van der Waals surface area (Å²) in [5.41, 5.74) is 6.13. The van der Waals surface area contributed by atoms with Crippen molar-refractivity contribution >= 4 is 23.4 Å². The number of benzene rings is 1. The molecule has 1 aromatic carbocycles.